The Morgan fingerprint density at radius 3 is 2.64 bits per heavy atom. The SMILES string of the molecule is C=C(C)CN(CC)C(=O)CN1C(=O)N[C@](C)(c2cccc(Br)c2)C1=O. The number of benzene rings is 1. The van der Waals surface area contributed by atoms with Crippen molar-refractivity contribution in [2.75, 3.05) is 19.6 Å². The Bertz CT molecular complexity index is 734. The summed E-state index contributed by atoms with van der Waals surface area (Å²) in [5.41, 5.74) is 0.308. The highest BCUT2D eigenvalue weighted by molar-refractivity contribution is 9.10. The second-order valence-corrected chi connectivity index (χ2v) is 7.24. The molecule has 0 aromatic heterocycles. The van der Waals surface area contributed by atoms with Crippen LogP contribution in [0.3, 0.4) is 0 Å². The molecule has 0 saturated carbocycles. The number of carbonyl (C=O) groups is 3. The van der Waals surface area contributed by atoms with Gasteiger partial charge in [0.2, 0.25) is 5.91 Å². The van der Waals surface area contributed by atoms with Crippen LogP contribution in [0.15, 0.2) is 40.9 Å². The van der Waals surface area contributed by atoms with Crippen molar-refractivity contribution in [1.82, 2.24) is 15.1 Å². The number of likely N-dealkylation sites (N-methyl/N-ethyl adjacent to an activating group) is 1. The fourth-order valence-electron chi connectivity index (χ4n) is 2.77. The Balaban J connectivity index is 2.21. The Morgan fingerprint density at radius 1 is 1.40 bits per heavy atom. The molecule has 1 aliphatic heterocycles. The van der Waals surface area contributed by atoms with Gasteiger partial charge >= 0.3 is 6.03 Å². The average molecular weight is 408 g/mol. The zero-order valence-electron chi connectivity index (χ0n) is 14.6. The number of hydrogen-bond donors (Lipinski definition) is 1. The van der Waals surface area contributed by atoms with Gasteiger partial charge in [0.05, 0.1) is 0 Å². The van der Waals surface area contributed by atoms with Gasteiger partial charge in [0.1, 0.15) is 12.1 Å². The quantitative estimate of drug-likeness (QED) is 0.581. The molecule has 1 heterocycles. The van der Waals surface area contributed by atoms with E-state index in [4.69, 9.17) is 0 Å². The summed E-state index contributed by atoms with van der Waals surface area (Å²) < 4.78 is 0.807. The highest BCUT2D eigenvalue weighted by Gasteiger charge is 2.49. The van der Waals surface area contributed by atoms with Crippen LogP contribution in [0.5, 0.6) is 0 Å². The lowest BCUT2D eigenvalue weighted by Crippen LogP contribution is -2.44. The van der Waals surface area contributed by atoms with E-state index in [0.29, 0.717) is 18.7 Å². The molecule has 0 radical (unpaired) electrons. The molecule has 1 aromatic rings. The zero-order chi connectivity index (χ0) is 18.8. The van der Waals surface area contributed by atoms with Crippen molar-refractivity contribution in [3.05, 3.63) is 46.5 Å². The molecule has 1 atom stereocenters. The molecule has 134 valence electrons. The van der Waals surface area contributed by atoms with Gasteiger partial charge in [-0.2, -0.15) is 0 Å². The van der Waals surface area contributed by atoms with E-state index in [0.717, 1.165) is 14.9 Å². The third-order valence-corrected chi connectivity index (χ3v) is 4.66. The maximum absolute atomic E-state index is 12.9. The second kappa shape index (κ2) is 7.39. The Labute approximate surface area is 156 Å². The summed E-state index contributed by atoms with van der Waals surface area (Å²) in [6.07, 6.45) is 0. The third kappa shape index (κ3) is 3.92. The standard InChI is InChI=1S/C18H22BrN3O3/c1-5-21(10-12(2)3)15(23)11-22-16(24)18(4,20-17(22)25)13-7-6-8-14(19)9-13/h6-9H,2,5,10-11H2,1,3-4H3,(H,20,25)/t18-/m1/s1. The van der Waals surface area contributed by atoms with Crippen molar-refractivity contribution < 1.29 is 14.4 Å². The number of urea groups is 1. The Kier molecular flexibility index (Phi) is 5.67. The van der Waals surface area contributed by atoms with Gasteiger partial charge in [0.25, 0.3) is 5.91 Å². The smallest absolute Gasteiger partial charge is 0.325 e. The van der Waals surface area contributed by atoms with Crippen molar-refractivity contribution in [2.24, 2.45) is 0 Å². The van der Waals surface area contributed by atoms with Gasteiger partial charge in [0.15, 0.2) is 0 Å². The Hall–Kier alpha value is -2.15. The van der Waals surface area contributed by atoms with Gasteiger partial charge in [-0.1, -0.05) is 40.2 Å². The van der Waals surface area contributed by atoms with Crippen LogP contribution in [0.25, 0.3) is 0 Å². The summed E-state index contributed by atoms with van der Waals surface area (Å²) >= 11 is 3.37. The van der Waals surface area contributed by atoms with Crippen LogP contribution in [-0.2, 0) is 15.1 Å². The van der Waals surface area contributed by atoms with E-state index in [2.05, 4.69) is 27.8 Å². The second-order valence-electron chi connectivity index (χ2n) is 6.32. The minimum atomic E-state index is -1.19. The molecule has 1 saturated heterocycles. The summed E-state index contributed by atoms with van der Waals surface area (Å²) in [6, 6.07) is 6.62. The van der Waals surface area contributed by atoms with Crippen LogP contribution in [0, 0.1) is 0 Å². The van der Waals surface area contributed by atoms with Crippen molar-refractivity contribution in [3.63, 3.8) is 0 Å². The normalized spacial score (nSPS) is 19.8. The lowest BCUT2D eigenvalue weighted by atomic mass is 9.92. The van der Waals surface area contributed by atoms with Crippen molar-refractivity contribution in [1.29, 1.82) is 0 Å². The molecule has 4 amide bonds. The van der Waals surface area contributed by atoms with Crippen LogP contribution in [0.1, 0.15) is 26.3 Å². The van der Waals surface area contributed by atoms with E-state index in [-0.39, 0.29) is 12.5 Å². The van der Waals surface area contributed by atoms with Crippen molar-refractivity contribution in [3.8, 4) is 0 Å². The molecule has 7 heteroatoms. The van der Waals surface area contributed by atoms with E-state index >= 15 is 0 Å². The van der Waals surface area contributed by atoms with E-state index in [1.807, 2.05) is 19.9 Å². The van der Waals surface area contributed by atoms with E-state index < -0.39 is 17.5 Å². The van der Waals surface area contributed by atoms with Gasteiger partial charge in [-0.3, -0.25) is 14.5 Å². The van der Waals surface area contributed by atoms with Crippen molar-refractivity contribution in [2.45, 2.75) is 26.3 Å². The first-order valence-corrected chi connectivity index (χ1v) is 8.80. The molecular formula is C18H22BrN3O3. The molecular weight excluding hydrogens is 386 g/mol. The van der Waals surface area contributed by atoms with Crippen LogP contribution >= 0.6 is 15.9 Å². The summed E-state index contributed by atoms with van der Waals surface area (Å²) in [6.45, 7) is 9.72. The predicted octanol–water partition coefficient (Wildman–Crippen LogP) is 2.64. The first-order chi connectivity index (χ1) is 11.7. The van der Waals surface area contributed by atoms with Crippen LogP contribution in [0.4, 0.5) is 4.79 Å². The number of nitrogens with one attached hydrogen (secondary N) is 1. The van der Waals surface area contributed by atoms with Gasteiger partial charge in [0, 0.05) is 17.6 Å². The maximum atomic E-state index is 12.9. The van der Waals surface area contributed by atoms with E-state index in [9.17, 15) is 14.4 Å². The lowest BCUT2D eigenvalue weighted by Gasteiger charge is -2.24. The molecule has 1 aliphatic rings. The number of nitrogens with zero attached hydrogens (tertiary/aromatic N) is 2. The topological polar surface area (TPSA) is 69.7 Å². The van der Waals surface area contributed by atoms with Gasteiger partial charge in [-0.25, -0.2) is 4.79 Å². The van der Waals surface area contributed by atoms with Crippen LogP contribution in [0.2, 0.25) is 0 Å². The maximum Gasteiger partial charge on any atom is 0.325 e. The minimum Gasteiger partial charge on any atom is -0.337 e. The molecule has 2 rings (SSSR count). The molecule has 1 fully saturated rings. The van der Waals surface area contributed by atoms with Crippen LogP contribution < -0.4 is 5.32 Å². The summed E-state index contributed by atoms with van der Waals surface area (Å²) in [5.74, 6) is -0.720. The van der Waals surface area contributed by atoms with Gasteiger partial charge < -0.3 is 10.2 Å². The highest BCUT2D eigenvalue weighted by Crippen LogP contribution is 2.30. The fourth-order valence-corrected chi connectivity index (χ4v) is 3.17. The van der Waals surface area contributed by atoms with E-state index in [1.54, 1.807) is 30.0 Å². The average Bonchev–Trinajstić information content (AvgIpc) is 2.76. The van der Waals surface area contributed by atoms with E-state index in [1.165, 1.54) is 0 Å². The molecule has 0 bridgehead atoms. The minimum absolute atomic E-state index is 0.282. The summed E-state index contributed by atoms with van der Waals surface area (Å²) in [5, 5.41) is 2.71. The summed E-state index contributed by atoms with van der Waals surface area (Å²) in [7, 11) is 0. The molecule has 0 unspecified atom stereocenters. The molecule has 0 spiro atoms. The molecule has 25 heavy (non-hydrogen) atoms. The molecule has 1 aromatic carbocycles. The highest BCUT2D eigenvalue weighted by atomic mass is 79.9. The first-order valence-electron chi connectivity index (χ1n) is 8.01. The Morgan fingerprint density at radius 2 is 2.08 bits per heavy atom. The van der Waals surface area contributed by atoms with Crippen molar-refractivity contribution >= 4 is 33.8 Å². The lowest BCUT2D eigenvalue weighted by molar-refractivity contribution is -0.138. The predicted molar refractivity (Wildman–Crippen MR) is 98.8 cm³/mol. The molecule has 6 nitrogen and oxygen atoms in total. The number of imide groups is 1. The third-order valence-electron chi connectivity index (χ3n) is 4.17. The van der Waals surface area contributed by atoms with Gasteiger partial charge in [-0.15, -0.1) is 0 Å². The largest absolute Gasteiger partial charge is 0.337 e. The number of halogens is 1. The summed E-state index contributed by atoms with van der Waals surface area (Å²) in [4.78, 5) is 40.2. The van der Waals surface area contributed by atoms with Crippen LogP contribution in [-0.4, -0.2) is 47.3 Å². The fraction of sp³-hybridized carbons (Fsp3) is 0.389. The van der Waals surface area contributed by atoms with Gasteiger partial charge in [-0.05, 0) is 38.5 Å². The monoisotopic (exact) mass is 407 g/mol. The zero-order valence-corrected chi connectivity index (χ0v) is 16.2. The number of carbonyl (C=O) groups excluding carboxylic acids is 3. The first kappa shape index (κ1) is 19.2. The molecule has 1 N–H and O–H groups in total. The number of hydrogen-bond acceptors (Lipinski definition) is 3. The molecule has 0 aliphatic carbocycles. The number of amides is 4. The number of rotatable bonds is 6.